The van der Waals surface area contributed by atoms with Crippen LogP contribution in [0.1, 0.15) is 24.0 Å². The molecular formula is C12H15N. The van der Waals surface area contributed by atoms with Gasteiger partial charge in [0, 0.05) is 6.04 Å². The van der Waals surface area contributed by atoms with Crippen LogP contribution in [0, 0.1) is 11.8 Å². The first kappa shape index (κ1) is 7.57. The molecule has 2 aliphatic rings. The third-order valence-electron chi connectivity index (χ3n) is 4.00. The van der Waals surface area contributed by atoms with Gasteiger partial charge in [0.15, 0.2) is 0 Å². The zero-order valence-electron chi connectivity index (χ0n) is 7.90. The Morgan fingerprint density at radius 1 is 1.31 bits per heavy atom. The predicted molar refractivity (Wildman–Crippen MR) is 53.5 cm³/mol. The zero-order valence-corrected chi connectivity index (χ0v) is 7.90. The van der Waals surface area contributed by atoms with E-state index in [1.54, 1.807) is 5.56 Å². The minimum Gasteiger partial charge on any atom is -0.327 e. The summed E-state index contributed by atoms with van der Waals surface area (Å²) < 4.78 is 0. The van der Waals surface area contributed by atoms with Crippen LogP contribution in [0.4, 0.5) is 0 Å². The van der Waals surface area contributed by atoms with E-state index >= 15 is 0 Å². The summed E-state index contributed by atoms with van der Waals surface area (Å²) in [7, 11) is 0. The highest BCUT2D eigenvalue weighted by Gasteiger charge is 2.50. The van der Waals surface area contributed by atoms with Gasteiger partial charge in [-0.25, -0.2) is 0 Å². The highest BCUT2D eigenvalue weighted by molar-refractivity contribution is 5.40. The quantitative estimate of drug-likeness (QED) is 0.637. The van der Waals surface area contributed by atoms with Crippen LogP contribution in [0.25, 0.3) is 0 Å². The van der Waals surface area contributed by atoms with Crippen LogP contribution in [-0.2, 0) is 6.42 Å². The Bertz CT molecular complexity index is 345. The molecule has 68 valence electrons. The second-order valence-corrected chi connectivity index (χ2v) is 4.53. The average molecular weight is 173 g/mol. The standard InChI is InChI=1S/C12H15N/c1-7-11-9-5-3-2-4-8(9)6-10(11)12(7)13/h2-5,7,10-12H,6,13H2,1H3. The molecule has 1 saturated carbocycles. The van der Waals surface area contributed by atoms with Crippen molar-refractivity contribution < 1.29 is 0 Å². The highest BCUT2D eigenvalue weighted by atomic mass is 14.8. The number of fused-ring (bicyclic) bond motifs is 3. The first-order valence-electron chi connectivity index (χ1n) is 5.12. The van der Waals surface area contributed by atoms with Gasteiger partial charge >= 0.3 is 0 Å². The SMILES string of the molecule is CC1C(N)C2Cc3ccccc3C12. The van der Waals surface area contributed by atoms with E-state index in [4.69, 9.17) is 5.73 Å². The fraction of sp³-hybridized carbons (Fsp3) is 0.500. The van der Waals surface area contributed by atoms with Crippen LogP contribution in [0.3, 0.4) is 0 Å². The second-order valence-electron chi connectivity index (χ2n) is 4.53. The highest BCUT2D eigenvalue weighted by Crippen LogP contribution is 2.53. The third-order valence-corrected chi connectivity index (χ3v) is 4.00. The van der Waals surface area contributed by atoms with Crippen molar-refractivity contribution in [1.29, 1.82) is 0 Å². The van der Waals surface area contributed by atoms with Gasteiger partial charge in [-0.1, -0.05) is 31.2 Å². The number of hydrogen-bond donors (Lipinski definition) is 1. The third kappa shape index (κ3) is 0.806. The van der Waals surface area contributed by atoms with E-state index in [0.29, 0.717) is 12.0 Å². The lowest BCUT2D eigenvalue weighted by Crippen LogP contribution is -2.51. The lowest BCUT2D eigenvalue weighted by Gasteiger charge is -2.45. The van der Waals surface area contributed by atoms with E-state index in [1.165, 1.54) is 12.0 Å². The molecule has 1 aromatic rings. The van der Waals surface area contributed by atoms with Gasteiger partial charge in [0.05, 0.1) is 0 Å². The van der Waals surface area contributed by atoms with Crippen LogP contribution in [0.2, 0.25) is 0 Å². The van der Waals surface area contributed by atoms with Crippen LogP contribution in [-0.4, -0.2) is 6.04 Å². The molecule has 1 aromatic carbocycles. The van der Waals surface area contributed by atoms with E-state index in [2.05, 4.69) is 31.2 Å². The Hall–Kier alpha value is -0.820. The van der Waals surface area contributed by atoms with E-state index in [0.717, 1.165) is 11.8 Å². The summed E-state index contributed by atoms with van der Waals surface area (Å²) in [5.74, 6) is 2.20. The molecule has 0 heterocycles. The molecule has 0 radical (unpaired) electrons. The number of hydrogen-bond acceptors (Lipinski definition) is 1. The Morgan fingerprint density at radius 2 is 2.08 bits per heavy atom. The first-order chi connectivity index (χ1) is 6.29. The van der Waals surface area contributed by atoms with Crippen molar-refractivity contribution in [2.24, 2.45) is 17.6 Å². The molecule has 1 heteroatoms. The van der Waals surface area contributed by atoms with Gasteiger partial charge in [0.25, 0.3) is 0 Å². The van der Waals surface area contributed by atoms with Gasteiger partial charge in [0.2, 0.25) is 0 Å². The molecular weight excluding hydrogens is 158 g/mol. The minimum atomic E-state index is 0.442. The molecule has 1 nitrogen and oxygen atoms in total. The Balaban J connectivity index is 2.05. The topological polar surface area (TPSA) is 26.0 Å². The normalized spacial score (nSPS) is 40.8. The molecule has 2 N–H and O–H groups in total. The largest absolute Gasteiger partial charge is 0.327 e. The lowest BCUT2D eigenvalue weighted by atomic mass is 9.62. The molecule has 0 aromatic heterocycles. The molecule has 4 atom stereocenters. The Morgan fingerprint density at radius 3 is 2.92 bits per heavy atom. The molecule has 0 amide bonds. The number of nitrogens with two attached hydrogens (primary N) is 1. The molecule has 0 aliphatic heterocycles. The smallest absolute Gasteiger partial charge is 0.0108 e. The fourth-order valence-corrected chi connectivity index (χ4v) is 3.19. The van der Waals surface area contributed by atoms with Crippen molar-refractivity contribution in [3.8, 4) is 0 Å². The maximum Gasteiger partial charge on any atom is 0.0108 e. The van der Waals surface area contributed by atoms with Crippen molar-refractivity contribution in [2.45, 2.75) is 25.3 Å². The van der Waals surface area contributed by atoms with Crippen LogP contribution >= 0.6 is 0 Å². The molecule has 4 unspecified atom stereocenters. The van der Waals surface area contributed by atoms with Crippen molar-refractivity contribution in [3.05, 3.63) is 35.4 Å². The van der Waals surface area contributed by atoms with Crippen molar-refractivity contribution in [2.75, 3.05) is 0 Å². The summed E-state index contributed by atoms with van der Waals surface area (Å²) in [4.78, 5) is 0. The Labute approximate surface area is 78.9 Å². The van der Waals surface area contributed by atoms with E-state index in [9.17, 15) is 0 Å². The molecule has 0 spiro atoms. The minimum absolute atomic E-state index is 0.442. The van der Waals surface area contributed by atoms with Gasteiger partial charge in [-0.05, 0) is 35.3 Å². The summed E-state index contributed by atoms with van der Waals surface area (Å²) in [6.45, 7) is 2.29. The summed E-state index contributed by atoms with van der Waals surface area (Å²) in [5.41, 5.74) is 9.20. The van der Waals surface area contributed by atoms with E-state index < -0.39 is 0 Å². The lowest BCUT2D eigenvalue weighted by molar-refractivity contribution is 0.131. The molecule has 3 rings (SSSR count). The van der Waals surface area contributed by atoms with Gasteiger partial charge in [-0.15, -0.1) is 0 Å². The first-order valence-corrected chi connectivity index (χ1v) is 5.12. The van der Waals surface area contributed by atoms with Crippen LogP contribution < -0.4 is 5.73 Å². The molecule has 13 heavy (non-hydrogen) atoms. The van der Waals surface area contributed by atoms with Crippen molar-refractivity contribution in [3.63, 3.8) is 0 Å². The number of rotatable bonds is 0. The summed E-state index contributed by atoms with van der Waals surface area (Å²) >= 11 is 0. The molecule has 1 fully saturated rings. The van der Waals surface area contributed by atoms with Gasteiger partial charge in [0.1, 0.15) is 0 Å². The summed E-state index contributed by atoms with van der Waals surface area (Å²) in [6.07, 6.45) is 1.21. The van der Waals surface area contributed by atoms with Crippen molar-refractivity contribution >= 4 is 0 Å². The summed E-state index contributed by atoms with van der Waals surface area (Å²) in [5, 5.41) is 0. The molecule has 0 saturated heterocycles. The van der Waals surface area contributed by atoms with Crippen molar-refractivity contribution in [1.82, 2.24) is 0 Å². The Kier molecular flexibility index (Phi) is 1.37. The number of benzene rings is 1. The van der Waals surface area contributed by atoms with Gasteiger partial charge < -0.3 is 5.73 Å². The zero-order chi connectivity index (χ0) is 9.00. The molecule has 2 aliphatic carbocycles. The monoisotopic (exact) mass is 173 g/mol. The van der Waals surface area contributed by atoms with E-state index in [1.807, 2.05) is 0 Å². The summed E-state index contributed by atoms with van der Waals surface area (Å²) in [6, 6.07) is 9.27. The fourth-order valence-electron chi connectivity index (χ4n) is 3.19. The van der Waals surface area contributed by atoms with Gasteiger partial charge in [-0.3, -0.25) is 0 Å². The van der Waals surface area contributed by atoms with Crippen LogP contribution in [0.15, 0.2) is 24.3 Å². The van der Waals surface area contributed by atoms with E-state index in [-0.39, 0.29) is 0 Å². The van der Waals surface area contributed by atoms with Crippen LogP contribution in [0.5, 0.6) is 0 Å². The second kappa shape index (κ2) is 2.36. The maximum absolute atomic E-state index is 6.09. The maximum atomic E-state index is 6.09. The predicted octanol–water partition coefficient (Wildman–Crippen LogP) is 1.92. The molecule has 0 bridgehead atoms. The van der Waals surface area contributed by atoms with Gasteiger partial charge in [-0.2, -0.15) is 0 Å². The average Bonchev–Trinajstić information content (AvgIpc) is 2.52.